The van der Waals surface area contributed by atoms with E-state index in [-0.39, 0.29) is 17.4 Å². The van der Waals surface area contributed by atoms with Gasteiger partial charge in [0.2, 0.25) is 0 Å². The van der Waals surface area contributed by atoms with Gasteiger partial charge in [-0.2, -0.15) is 0 Å². The maximum Gasteiger partial charge on any atom is 0.187 e. The molecule has 0 aliphatic rings. The topological polar surface area (TPSA) is 20.2 Å². The zero-order chi connectivity index (χ0) is 4.71. The van der Waals surface area contributed by atoms with E-state index in [1.807, 2.05) is 0 Å². The van der Waals surface area contributed by atoms with Crippen molar-refractivity contribution in [3.05, 3.63) is 26.0 Å². The maximum absolute atomic E-state index is 7.33. The van der Waals surface area contributed by atoms with Crippen LogP contribution in [0.1, 0.15) is 0 Å². The van der Waals surface area contributed by atoms with Gasteiger partial charge >= 0.3 is 0 Å². The highest BCUT2D eigenvalue weighted by Gasteiger charge is 1.11. The summed E-state index contributed by atoms with van der Waals surface area (Å²) in [6, 6.07) is 0. The number of rotatable bonds is 0. The number of hydrogen-bond donors (Lipinski definition) is 1. The maximum atomic E-state index is 7.33. The van der Waals surface area contributed by atoms with E-state index in [0.717, 1.165) is 6.26 Å². The van der Waals surface area contributed by atoms with E-state index in [1.165, 1.54) is 0 Å². The molecule has 0 saturated carbocycles. The first-order valence-electron chi connectivity index (χ1n) is 1.17. The van der Waals surface area contributed by atoms with E-state index in [9.17, 15) is 0 Å². The molecule has 1 N–H and O–H groups in total. The highest BCUT2D eigenvalue weighted by atomic mass is 27.0. The lowest BCUT2D eigenvalue weighted by Gasteiger charge is -1.41. The summed E-state index contributed by atoms with van der Waals surface area (Å²) in [7, 11) is 0. The average molecular weight is 102 g/mol. The van der Waals surface area contributed by atoms with Crippen molar-refractivity contribution in [2.75, 3.05) is 0 Å². The third-order valence-electron chi connectivity index (χ3n) is 0. The van der Waals surface area contributed by atoms with Crippen LogP contribution in [0.2, 0.25) is 0 Å². The fourth-order valence-electron chi connectivity index (χ4n) is 0. The largest absolute Gasteiger partial charge is 0.516 e. The Morgan fingerprint density at radius 2 is 1.33 bits per heavy atom. The van der Waals surface area contributed by atoms with E-state index in [0.29, 0.717) is 0 Å². The van der Waals surface area contributed by atoms with Gasteiger partial charge in [0.05, 0.1) is 6.26 Å². The van der Waals surface area contributed by atoms with Crippen molar-refractivity contribution in [1.29, 1.82) is 0 Å². The number of hydrogen-bond acceptors (Lipinski definition) is 1. The molecule has 36 valence electrons. The lowest BCUT2D eigenvalue weighted by molar-refractivity contribution is 0.476. The molecule has 0 aromatic rings. The Morgan fingerprint density at radius 3 is 1.33 bits per heavy atom. The molecule has 0 bridgehead atoms. The number of aliphatic hydroxyl groups is 1. The van der Waals surface area contributed by atoms with Crippen molar-refractivity contribution in [1.82, 2.24) is 0 Å². The summed E-state index contributed by atoms with van der Waals surface area (Å²) < 4.78 is 0. The Balaban J connectivity index is -0.0000000275. The van der Waals surface area contributed by atoms with Gasteiger partial charge in [-0.15, -0.1) is 13.2 Å². The van der Waals surface area contributed by atoms with E-state index in [2.05, 4.69) is 19.7 Å². The molecule has 0 unspecified atom stereocenters. The zero-order valence-electron chi connectivity index (χ0n) is 3.15. The zero-order valence-corrected chi connectivity index (χ0v) is 3.15. The average Bonchev–Trinajstić information content (AvgIpc) is 1.46. The second kappa shape index (κ2) is 106. The Bertz CT molecular complexity index is 21.5. The Morgan fingerprint density at radius 1 is 1.33 bits per heavy atom. The predicted molar refractivity (Wildman–Crippen MR) is 34.0 cm³/mol. The van der Waals surface area contributed by atoms with Crippen molar-refractivity contribution in [2.24, 2.45) is 0 Å². The molecule has 0 aromatic heterocycles. The molecular weight excluding hydrogens is 91.0 g/mol. The molecule has 0 fully saturated rings. The van der Waals surface area contributed by atoms with Gasteiger partial charge in [-0.3, -0.25) is 0 Å². The van der Waals surface area contributed by atoms with Gasteiger partial charge in [0.1, 0.15) is 0 Å². The fraction of sp³-hybridized carbons (Fsp3) is 0. The first kappa shape index (κ1) is 17.0. The molecule has 0 heterocycles. The predicted octanol–water partition coefficient (Wildman–Crippen LogP) is 0.306. The Kier molecular flexibility index (Phi) is 301. The van der Waals surface area contributed by atoms with Crippen LogP contribution in [0.3, 0.4) is 0 Å². The van der Waals surface area contributed by atoms with Gasteiger partial charge in [0, 0.05) is 0 Å². The van der Waals surface area contributed by atoms with Gasteiger partial charge in [0.15, 0.2) is 17.4 Å². The molecule has 1 nitrogen and oxygen atoms in total. The first-order chi connectivity index (χ1) is 2.41. The van der Waals surface area contributed by atoms with Crippen LogP contribution < -0.4 is 0 Å². The highest BCUT2D eigenvalue weighted by molar-refractivity contribution is 5.75. The minimum absolute atomic E-state index is 0. The van der Waals surface area contributed by atoms with E-state index >= 15 is 0 Å². The van der Waals surface area contributed by atoms with Crippen LogP contribution >= 0.6 is 0 Å². The lowest BCUT2D eigenvalue weighted by Crippen LogP contribution is -1.25. The van der Waals surface area contributed by atoms with Gasteiger partial charge in [0.25, 0.3) is 0 Å². The molecule has 0 saturated heterocycles. The molecule has 0 rings (SSSR count). The van der Waals surface area contributed by atoms with Crippen LogP contribution in [-0.2, 0) is 0 Å². The van der Waals surface area contributed by atoms with Crippen LogP contribution in [0.25, 0.3) is 0 Å². The quantitative estimate of drug-likeness (QED) is 0.265. The van der Waals surface area contributed by atoms with E-state index < -0.39 is 0 Å². The van der Waals surface area contributed by atoms with Crippen LogP contribution in [0.5, 0.6) is 0 Å². The third kappa shape index (κ3) is 857. The van der Waals surface area contributed by atoms with E-state index in [1.54, 1.807) is 0 Å². The second-order valence-corrected chi connectivity index (χ2v) is 0.183. The lowest BCUT2D eigenvalue weighted by atomic mass is 11.2. The minimum Gasteiger partial charge on any atom is -0.516 e. The standard InChI is InChI=1S/C2H4O.C2H4.Al.3H/c1-2-3;1-2;;;;/h2-3H,1H2;1-2H2;;;;. The molecule has 0 spiro atoms. The van der Waals surface area contributed by atoms with Crippen molar-refractivity contribution in [2.45, 2.75) is 0 Å². The summed E-state index contributed by atoms with van der Waals surface area (Å²) in [6.45, 7) is 8.92. The summed E-state index contributed by atoms with van der Waals surface area (Å²) in [6.07, 6.45) is 0.750. The molecule has 2 heteroatoms. The number of aliphatic hydroxyl groups excluding tert-OH is 1. The van der Waals surface area contributed by atoms with Gasteiger partial charge in [-0.05, 0) is 0 Å². The molecule has 0 aliphatic heterocycles. The summed E-state index contributed by atoms with van der Waals surface area (Å²) in [4.78, 5) is 0. The monoisotopic (exact) mass is 102 g/mol. The minimum atomic E-state index is 0. The van der Waals surface area contributed by atoms with Crippen LogP contribution in [0.4, 0.5) is 0 Å². The van der Waals surface area contributed by atoms with Gasteiger partial charge < -0.3 is 5.11 Å². The van der Waals surface area contributed by atoms with Gasteiger partial charge in [-0.25, -0.2) is 0 Å². The van der Waals surface area contributed by atoms with E-state index in [4.69, 9.17) is 5.11 Å². The smallest absolute Gasteiger partial charge is 0.187 e. The van der Waals surface area contributed by atoms with Crippen molar-refractivity contribution < 1.29 is 5.11 Å². The first-order valence-corrected chi connectivity index (χ1v) is 1.17. The Hall–Kier alpha value is -0.188. The molecule has 0 aliphatic carbocycles. The summed E-state index contributed by atoms with van der Waals surface area (Å²) in [5.74, 6) is 0. The summed E-state index contributed by atoms with van der Waals surface area (Å²) in [5, 5.41) is 7.33. The summed E-state index contributed by atoms with van der Waals surface area (Å²) in [5.41, 5.74) is 0. The third-order valence-corrected chi connectivity index (χ3v) is 0. The Labute approximate surface area is 49.1 Å². The summed E-state index contributed by atoms with van der Waals surface area (Å²) >= 11 is 0. The second-order valence-electron chi connectivity index (χ2n) is 0.183. The van der Waals surface area contributed by atoms with Crippen LogP contribution in [0.15, 0.2) is 26.0 Å². The molecule has 0 aromatic carbocycles. The molecular formula is C4H11AlO. The molecule has 0 amide bonds. The molecule has 0 atom stereocenters. The fourth-order valence-corrected chi connectivity index (χ4v) is 0. The van der Waals surface area contributed by atoms with Crippen molar-refractivity contribution in [3.8, 4) is 0 Å². The van der Waals surface area contributed by atoms with Crippen LogP contribution in [-0.4, -0.2) is 22.5 Å². The van der Waals surface area contributed by atoms with Gasteiger partial charge in [-0.1, -0.05) is 6.58 Å². The normalized spacial score (nSPS) is 2.67. The molecule has 0 radical (unpaired) electrons. The highest BCUT2D eigenvalue weighted by Crippen LogP contribution is 1.26. The van der Waals surface area contributed by atoms with Crippen LogP contribution in [0, 0.1) is 0 Å². The van der Waals surface area contributed by atoms with Crippen molar-refractivity contribution in [3.63, 3.8) is 0 Å². The molecule has 6 heavy (non-hydrogen) atoms. The SMILES string of the molecule is C=C.C=CO.[AlH3]. The van der Waals surface area contributed by atoms with Crippen molar-refractivity contribution >= 4 is 17.4 Å².